The first kappa shape index (κ1) is 18.8. The van der Waals surface area contributed by atoms with Crippen molar-refractivity contribution < 1.29 is 18.7 Å². The number of oxazole rings is 1. The lowest BCUT2D eigenvalue weighted by Gasteiger charge is -2.12. The second-order valence-corrected chi connectivity index (χ2v) is 6.58. The van der Waals surface area contributed by atoms with Crippen molar-refractivity contribution in [3.8, 4) is 23.0 Å². The van der Waals surface area contributed by atoms with E-state index in [-0.39, 0.29) is 12.5 Å². The molecule has 4 aromatic rings. The van der Waals surface area contributed by atoms with Gasteiger partial charge < -0.3 is 19.2 Å². The largest absolute Gasteiger partial charge is 0.495 e. The Morgan fingerprint density at radius 1 is 1.07 bits per heavy atom. The Balaban J connectivity index is 1.53. The highest BCUT2D eigenvalue weighted by Crippen LogP contribution is 2.32. The van der Waals surface area contributed by atoms with Gasteiger partial charge in [0.05, 0.1) is 17.8 Å². The van der Waals surface area contributed by atoms with Gasteiger partial charge >= 0.3 is 0 Å². The van der Waals surface area contributed by atoms with Crippen LogP contribution in [0, 0.1) is 0 Å². The van der Waals surface area contributed by atoms with Crippen molar-refractivity contribution in [2.24, 2.45) is 0 Å². The van der Waals surface area contributed by atoms with Crippen LogP contribution < -0.4 is 14.8 Å². The summed E-state index contributed by atoms with van der Waals surface area (Å²) in [5, 5.41) is 3.23. The van der Waals surface area contributed by atoms with Crippen molar-refractivity contribution in [1.82, 2.24) is 4.98 Å². The van der Waals surface area contributed by atoms with E-state index in [1.165, 1.54) is 7.11 Å². The molecular weight excluding hydrogens is 392 g/mol. The number of hydrogen-bond acceptors (Lipinski definition) is 5. The fourth-order valence-corrected chi connectivity index (χ4v) is 3.02. The van der Waals surface area contributed by atoms with E-state index in [0.717, 1.165) is 5.52 Å². The zero-order valence-corrected chi connectivity index (χ0v) is 16.3. The van der Waals surface area contributed by atoms with Crippen LogP contribution in [0.5, 0.6) is 11.5 Å². The highest BCUT2D eigenvalue weighted by atomic mass is 35.5. The number of anilines is 1. The smallest absolute Gasteiger partial charge is 0.262 e. The van der Waals surface area contributed by atoms with Gasteiger partial charge in [-0.15, -0.1) is 0 Å². The van der Waals surface area contributed by atoms with E-state index in [0.29, 0.717) is 39.2 Å². The molecule has 0 spiro atoms. The minimum Gasteiger partial charge on any atom is -0.495 e. The van der Waals surface area contributed by atoms with Gasteiger partial charge in [0.2, 0.25) is 5.89 Å². The van der Waals surface area contributed by atoms with Crippen LogP contribution in [0.1, 0.15) is 0 Å². The number of hydrogen-bond donors (Lipinski definition) is 1. The summed E-state index contributed by atoms with van der Waals surface area (Å²) in [5.41, 5.74) is 2.65. The van der Waals surface area contributed by atoms with Gasteiger partial charge in [-0.3, -0.25) is 4.79 Å². The van der Waals surface area contributed by atoms with E-state index >= 15 is 0 Å². The number of rotatable bonds is 6. The zero-order valence-electron chi connectivity index (χ0n) is 15.5. The minimum atomic E-state index is -0.349. The number of fused-ring (bicyclic) bond motifs is 1. The van der Waals surface area contributed by atoms with E-state index in [4.69, 9.17) is 25.5 Å². The van der Waals surface area contributed by atoms with Crippen LogP contribution in [0.2, 0.25) is 5.02 Å². The molecule has 146 valence electrons. The number of aromatic nitrogens is 1. The molecule has 0 unspecified atom stereocenters. The third-order valence-corrected chi connectivity index (χ3v) is 4.52. The van der Waals surface area contributed by atoms with Crippen molar-refractivity contribution >= 4 is 34.3 Å². The average Bonchev–Trinajstić information content (AvgIpc) is 3.17. The normalized spacial score (nSPS) is 10.7. The molecular formula is C22H17ClN2O4. The molecule has 0 saturated heterocycles. The molecule has 4 rings (SSSR count). The molecule has 7 heteroatoms. The Bertz CT molecular complexity index is 1140. The number of ether oxygens (including phenoxy) is 2. The molecule has 3 aromatic carbocycles. The maximum absolute atomic E-state index is 12.4. The monoisotopic (exact) mass is 408 g/mol. The second kappa shape index (κ2) is 8.24. The maximum Gasteiger partial charge on any atom is 0.262 e. The summed E-state index contributed by atoms with van der Waals surface area (Å²) in [6, 6.07) is 19.8. The Morgan fingerprint density at radius 2 is 1.86 bits per heavy atom. The highest BCUT2D eigenvalue weighted by molar-refractivity contribution is 6.32. The van der Waals surface area contributed by atoms with E-state index in [1.807, 2.05) is 30.3 Å². The predicted molar refractivity (Wildman–Crippen MR) is 112 cm³/mol. The van der Waals surface area contributed by atoms with Gasteiger partial charge in [-0.25, -0.2) is 4.98 Å². The Hall–Kier alpha value is -3.51. The summed E-state index contributed by atoms with van der Waals surface area (Å²) in [5.74, 6) is 1.06. The topological polar surface area (TPSA) is 73.6 Å². The lowest BCUT2D eigenvalue weighted by atomic mass is 10.2. The van der Waals surface area contributed by atoms with Crippen LogP contribution in [0.4, 0.5) is 5.69 Å². The molecule has 0 bridgehead atoms. The molecule has 6 nitrogen and oxygen atoms in total. The van der Waals surface area contributed by atoms with Crippen LogP contribution in [0.15, 0.2) is 71.1 Å². The molecule has 1 aromatic heterocycles. The fraction of sp³-hybridized carbons (Fsp3) is 0.0909. The quantitative estimate of drug-likeness (QED) is 0.476. The van der Waals surface area contributed by atoms with Gasteiger partial charge in [0.25, 0.3) is 5.91 Å². The van der Waals surface area contributed by atoms with Gasteiger partial charge in [-0.2, -0.15) is 0 Å². The van der Waals surface area contributed by atoms with Crippen molar-refractivity contribution in [2.75, 3.05) is 19.0 Å². The summed E-state index contributed by atoms with van der Waals surface area (Å²) in [7, 11) is 1.53. The second-order valence-electron chi connectivity index (χ2n) is 6.17. The Morgan fingerprint density at radius 3 is 2.66 bits per heavy atom. The molecule has 0 saturated carbocycles. The van der Waals surface area contributed by atoms with Crippen molar-refractivity contribution in [3.63, 3.8) is 0 Å². The molecule has 0 atom stereocenters. The summed E-state index contributed by atoms with van der Waals surface area (Å²) < 4.78 is 16.6. The first-order chi connectivity index (χ1) is 14.1. The molecule has 1 heterocycles. The molecule has 0 aliphatic carbocycles. The standard InChI is InChI=1S/C22H17ClN2O4/c1-27-19-11-10-14(22-25-16-7-3-5-9-20(16)29-22)12-17(19)24-21(26)13-28-18-8-4-2-6-15(18)23/h2-12H,13H2,1H3,(H,24,26). The van der Waals surface area contributed by atoms with E-state index in [2.05, 4.69) is 10.3 Å². The SMILES string of the molecule is COc1ccc(-c2nc3ccccc3o2)cc1NC(=O)COc1ccccc1Cl. The van der Waals surface area contributed by atoms with Crippen LogP contribution >= 0.6 is 11.6 Å². The van der Waals surface area contributed by atoms with Gasteiger partial charge in [0.15, 0.2) is 12.2 Å². The van der Waals surface area contributed by atoms with Crippen LogP contribution in [0.3, 0.4) is 0 Å². The summed E-state index contributed by atoms with van der Waals surface area (Å²) in [6.07, 6.45) is 0. The predicted octanol–water partition coefficient (Wildman–Crippen LogP) is 5.17. The van der Waals surface area contributed by atoms with Crippen molar-refractivity contribution in [1.29, 1.82) is 0 Å². The number of nitrogens with one attached hydrogen (secondary N) is 1. The fourth-order valence-electron chi connectivity index (χ4n) is 2.83. The number of carbonyl (C=O) groups excluding carboxylic acids is 1. The first-order valence-corrected chi connectivity index (χ1v) is 9.23. The number of benzene rings is 3. The molecule has 29 heavy (non-hydrogen) atoms. The molecule has 1 amide bonds. The maximum atomic E-state index is 12.4. The van der Waals surface area contributed by atoms with Gasteiger partial charge in [-0.05, 0) is 42.5 Å². The molecule has 1 N–H and O–H groups in total. The lowest BCUT2D eigenvalue weighted by molar-refractivity contribution is -0.118. The summed E-state index contributed by atoms with van der Waals surface area (Å²) in [4.78, 5) is 16.9. The van der Waals surface area contributed by atoms with E-state index in [9.17, 15) is 4.79 Å². The summed E-state index contributed by atoms with van der Waals surface area (Å²) in [6.45, 7) is -0.194. The third kappa shape index (κ3) is 4.17. The number of nitrogens with zero attached hydrogens (tertiary/aromatic N) is 1. The van der Waals surface area contributed by atoms with Gasteiger partial charge in [0.1, 0.15) is 17.0 Å². The lowest BCUT2D eigenvalue weighted by Crippen LogP contribution is -2.20. The van der Waals surface area contributed by atoms with Crippen LogP contribution in [-0.2, 0) is 4.79 Å². The average molecular weight is 409 g/mol. The van der Waals surface area contributed by atoms with E-state index < -0.39 is 0 Å². The molecule has 0 fully saturated rings. The molecule has 0 radical (unpaired) electrons. The first-order valence-electron chi connectivity index (χ1n) is 8.85. The number of para-hydroxylation sites is 3. The van der Waals surface area contributed by atoms with Gasteiger partial charge in [-0.1, -0.05) is 35.9 Å². The van der Waals surface area contributed by atoms with Crippen LogP contribution in [-0.4, -0.2) is 24.6 Å². The Kier molecular flexibility index (Phi) is 5.35. The highest BCUT2D eigenvalue weighted by Gasteiger charge is 2.14. The summed E-state index contributed by atoms with van der Waals surface area (Å²) >= 11 is 6.04. The van der Waals surface area contributed by atoms with Crippen molar-refractivity contribution in [2.45, 2.75) is 0 Å². The molecule has 0 aliphatic heterocycles. The van der Waals surface area contributed by atoms with Crippen LogP contribution in [0.25, 0.3) is 22.6 Å². The van der Waals surface area contributed by atoms with E-state index in [1.54, 1.807) is 36.4 Å². The zero-order chi connectivity index (χ0) is 20.2. The number of methoxy groups -OCH3 is 1. The van der Waals surface area contributed by atoms with Gasteiger partial charge in [0, 0.05) is 5.56 Å². The molecule has 0 aliphatic rings. The number of amides is 1. The third-order valence-electron chi connectivity index (χ3n) is 4.21. The number of carbonyl (C=O) groups is 1. The minimum absolute atomic E-state index is 0.194. The Labute approximate surface area is 172 Å². The van der Waals surface area contributed by atoms with Crippen molar-refractivity contribution in [3.05, 3.63) is 71.8 Å². The number of halogens is 1.